The zero-order chi connectivity index (χ0) is 9.76. The van der Waals surface area contributed by atoms with Crippen molar-refractivity contribution in [3.8, 4) is 0 Å². The topological polar surface area (TPSA) is 18.5 Å². The summed E-state index contributed by atoms with van der Waals surface area (Å²) in [5.41, 5.74) is 3.37. The van der Waals surface area contributed by atoms with Crippen LogP contribution >= 0.6 is 0 Å². The van der Waals surface area contributed by atoms with E-state index in [4.69, 9.17) is 9.78 Å². The highest BCUT2D eigenvalue weighted by atomic mass is 17.2. The number of hydrogen-bond donors (Lipinski definition) is 0. The predicted molar refractivity (Wildman–Crippen MR) is 52.6 cm³/mol. The van der Waals surface area contributed by atoms with Gasteiger partial charge >= 0.3 is 0 Å². The summed E-state index contributed by atoms with van der Waals surface area (Å²) in [4.78, 5) is 10.7. The Hall–Kier alpha value is -1.12. The van der Waals surface area contributed by atoms with Crippen molar-refractivity contribution in [3.05, 3.63) is 47.0 Å². The second-order valence-corrected chi connectivity index (χ2v) is 4.11. The first-order valence-corrected chi connectivity index (χ1v) is 4.84. The first-order valence-electron chi connectivity index (χ1n) is 4.84. The summed E-state index contributed by atoms with van der Waals surface area (Å²) in [7, 11) is 0. The molecule has 0 spiro atoms. The normalized spacial score (nSPS) is 33.1. The van der Waals surface area contributed by atoms with Gasteiger partial charge in [0, 0.05) is 0 Å². The van der Waals surface area contributed by atoms with Crippen LogP contribution in [0.1, 0.15) is 29.7 Å². The second kappa shape index (κ2) is 2.47. The molecule has 0 radical (unpaired) electrons. The lowest BCUT2D eigenvalue weighted by molar-refractivity contribution is -0.386. The third kappa shape index (κ3) is 0.873. The average molecular weight is 188 g/mol. The predicted octanol–water partition coefficient (Wildman–Crippen LogP) is 2.78. The van der Waals surface area contributed by atoms with Gasteiger partial charge < -0.3 is 0 Å². The third-order valence-electron chi connectivity index (χ3n) is 3.02. The first-order chi connectivity index (χ1) is 6.71. The molecule has 0 amide bonds. The number of aryl methyl sites for hydroxylation is 1. The lowest BCUT2D eigenvalue weighted by atomic mass is 9.80. The van der Waals surface area contributed by atoms with Gasteiger partial charge in [-0.15, -0.1) is 0 Å². The molecule has 1 aromatic carbocycles. The van der Waals surface area contributed by atoms with Crippen molar-refractivity contribution in [1.82, 2.24) is 0 Å². The molecule has 2 bridgehead atoms. The Labute approximate surface area is 83.1 Å². The summed E-state index contributed by atoms with van der Waals surface area (Å²) < 4.78 is 0. The van der Waals surface area contributed by atoms with Crippen molar-refractivity contribution in [2.45, 2.75) is 25.6 Å². The molecule has 2 nitrogen and oxygen atoms in total. The molecule has 3 aliphatic rings. The lowest BCUT2D eigenvalue weighted by Gasteiger charge is -2.40. The molecule has 14 heavy (non-hydrogen) atoms. The molecular formula is C12H12O2. The van der Waals surface area contributed by atoms with E-state index in [1.54, 1.807) is 0 Å². The van der Waals surface area contributed by atoms with Crippen LogP contribution < -0.4 is 0 Å². The molecule has 2 heteroatoms. The molecule has 0 saturated heterocycles. The zero-order valence-electron chi connectivity index (χ0n) is 8.28. The first kappa shape index (κ1) is 8.21. The minimum absolute atomic E-state index is 0.0216. The van der Waals surface area contributed by atoms with E-state index >= 15 is 0 Å². The number of rotatable bonds is 0. The highest BCUT2D eigenvalue weighted by Gasteiger charge is 2.41. The summed E-state index contributed by atoms with van der Waals surface area (Å²) in [5.74, 6) is 0. The van der Waals surface area contributed by atoms with Crippen molar-refractivity contribution >= 4 is 0 Å². The maximum Gasteiger partial charge on any atom is 0.145 e. The van der Waals surface area contributed by atoms with Gasteiger partial charge in [0.25, 0.3) is 0 Å². The van der Waals surface area contributed by atoms with Gasteiger partial charge in [-0.25, -0.2) is 9.78 Å². The van der Waals surface area contributed by atoms with Gasteiger partial charge in [0.1, 0.15) is 11.7 Å². The molecule has 1 aliphatic carbocycles. The second-order valence-electron chi connectivity index (χ2n) is 4.11. The van der Waals surface area contributed by atoms with E-state index in [1.165, 1.54) is 16.7 Å². The standard InChI is InChI=1S/C12H12O2/c1-8-4-3-5-9-10-6-7-12(2,11(8)9)14-13-10/h3-7,10H,1-2H3/t10-,12+/m1/s1. The maximum atomic E-state index is 5.38. The van der Waals surface area contributed by atoms with Crippen molar-refractivity contribution in [1.29, 1.82) is 0 Å². The van der Waals surface area contributed by atoms with Crippen LogP contribution in [0.25, 0.3) is 0 Å². The van der Waals surface area contributed by atoms with Crippen LogP contribution in [0.15, 0.2) is 30.4 Å². The average Bonchev–Trinajstić information content (AvgIpc) is 2.18. The van der Waals surface area contributed by atoms with Crippen molar-refractivity contribution in [2.24, 2.45) is 0 Å². The van der Waals surface area contributed by atoms with E-state index in [9.17, 15) is 0 Å². The highest BCUT2D eigenvalue weighted by molar-refractivity contribution is 5.47. The molecule has 0 aromatic heterocycles. The SMILES string of the molecule is Cc1cccc2c1[C@]1(C)C=C[C@H]2OO1. The van der Waals surface area contributed by atoms with Crippen LogP contribution in [-0.2, 0) is 15.4 Å². The fourth-order valence-electron chi connectivity index (χ4n) is 2.37. The Balaban J connectivity index is 2.33. The van der Waals surface area contributed by atoms with Crippen LogP contribution in [0.3, 0.4) is 0 Å². The minimum atomic E-state index is -0.393. The number of hydrogen-bond acceptors (Lipinski definition) is 2. The van der Waals surface area contributed by atoms with Crippen LogP contribution in [0, 0.1) is 6.92 Å². The molecule has 0 fully saturated rings. The van der Waals surface area contributed by atoms with Gasteiger partial charge in [-0.1, -0.05) is 18.2 Å². The third-order valence-corrected chi connectivity index (χ3v) is 3.02. The summed E-state index contributed by atoms with van der Waals surface area (Å²) in [6, 6.07) is 6.29. The number of fused-ring (bicyclic) bond motifs is 1. The van der Waals surface area contributed by atoms with Crippen molar-refractivity contribution in [2.75, 3.05) is 0 Å². The fraction of sp³-hybridized carbons (Fsp3) is 0.333. The van der Waals surface area contributed by atoms with Gasteiger partial charge in [0.2, 0.25) is 0 Å². The summed E-state index contributed by atoms with van der Waals surface area (Å²) in [5, 5.41) is 0. The van der Waals surface area contributed by atoms with E-state index in [0.29, 0.717) is 0 Å². The molecule has 0 saturated carbocycles. The molecule has 2 heterocycles. The fourth-order valence-corrected chi connectivity index (χ4v) is 2.37. The van der Waals surface area contributed by atoms with Gasteiger partial charge in [0.15, 0.2) is 0 Å². The number of benzene rings is 1. The molecule has 2 atom stereocenters. The van der Waals surface area contributed by atoms with E-state index in [0.717, 1.165) is 0 Å². The largest absolute Gasteiger partial charge is 0.223 e. The zero-order valence-corrected chi connectivity index (χ0v) is 8.28. The van der Waals surface area contributed by atoms with E-state index in [2.05, 4.69) is 37.3 Å². The minimum Gasteiger partial charge on any atom is -0.223 e. The molecule has 0 unspecified atom stereocenters. The Morgan fingerprint density at radius 1 is 1.36 bits per heavy atom. The van der Waals surface area contributed by atoms with Gasteiger partial charge in [-0.2, -0.15) is 0 Å². The van der Waals surface area contributed by atoms with E-state index < -0.39 is 5.60 Å². The summed E-state index contributed by atoms with van der Waals surface area (Å²) >= 11 is 0. The summed E-state index contributed by atoms with van der Waals surface area (Å²) in [6.45, 7) is 4.15. The lowest BCUT2D eigenvalue weighted by Crippen LogP contribution is -2.36. The summed E-state index contributed by atoms with van der Waals surface area (Å²) in [6.07, 6.45) is 4.12. The Bertz CT molecular complexity index is 422. The monoisotopic (exact) mass is 188 g/mol. The van der Waals surface area contributed by atoms with Crippen molar-refractivity contribution < 1.29 is 9.78 Å². The maximum absolute atomic E-state index is 5.38. The molecule has 0 N–H and O–H groups in total. The van der Waals surface area contributed by atoms with Crippen LogP contribution in [0.2, 0.25) is 0 Å². The van der Waals surface area contributed by atoms with Crippen LogP contribution in [0.5, 0.6) is 0 Å². The van der Waals surface area contributed by atoms with E-state index in [-0.39, 0.29) is 6.10 Å². The Morgan fingerprint density at radius 2 is 2.21 bits per heavy atom. The molecule has 72 valence electrons. The van der Waals surface area contributed by atoms with Gasteiger partial charge in [-0.3, -0.25) is 0 Å². The van der Waals surface area contributed by atoms with Gasteiger partial charge in [-0.05, 0) is 42.7 Å². The highest BCUT2D eigenvalue weighted by Crippen LogP contribution is 2.46. The Kier molecular flexibility index (Phi) is 1.45. The smallest absolute Gasteiger partial charge is 0.145 e. The van der Waals surface area contributed by atoms with Gasteiger partial charge in [0.05, 0.1) is 0 Å². The molecule has 1 aromatic rings. The van der Waals surface area contributed by atoms with E-state index in [1.807, 2.05) is 6.92 Å². The van der Waals surface area contributed by atoms with Crippen molar-refractivity contribution in [3.63, 3.8) is 0 Å². The molecular weight excluding hydrogens is 176 g/mol. The quantitative estimate of drug-likeness (QED) is 0.460. The van der Waals surface area contributed by atoms with Crippen LogP contribution in [0.4, 0.5) is 0 Å². The van der Waals surface area contributed by atoms with Crippen LogP contribution in [-0.4, -0.2) is 0 Å². The molecule has 4 rings (SSSR count). The Morgan fingerprint density at radius 3 is 2.86 bits per heavy atom. The molecule has 2 aliphatic heterocycles.